The van der Waals surface area contributed by atoms with Crippen LogP contribution in [0.2, 0.25) is 0 Å². The first kappa shape index (κ1) is 26.6. The molecule has 41 heavy (non-hydrogen) atoms. The van der Waals surface area contributed by atoms with Crippen molar-refractivity contribution in [3.05, 3.63) is 120 Å². The van der Waals surface area contributed by atoms with E-state index in [4.69, 9.17) is 18.9 Å². The SMILES string of the molecule is C=CC(=O)OCCOc1ccc(OCCOC(=O)C2CC3c4ccccc4C2(O)c2ccccc23)c2ccccc12. The van der Waals surface area contributed by atoms with Crippen molar-refractivity contribution in [2.45, 2.75) is 17.9 Å². The van der Waals surface area contributed by atoms with Crippen LogP contribution in [-0.4, -0.2) is 43.5 Å². The van der Waals surface area contributed by atoms with Gasteiger partial charge in [0.05, 0.1) is 5.92 Å². The highest BCUT2D eigenvalue weighted by Crippen LogP contribution is 2.57. The van der Waals surface area contributed by atoms with E-state index in [9.17, 15) is 14.7 Å². The van der Waals surface area contributed by atoms with Gasteiger partial charge in [-0.1, -0.05) is 79.4 Å². The van der Waals surface area contributed by atoms with Crippen LogP contribution in [0.25, 0.3) is 10.8 Å². The minimum absolute atomic E-state index is 0.0337. The largest absolute Gasteiger partial charge is 0.489 e. The first-order valence-corrected chi connectivity index (χ1v) is 13.7. The van der Waals surface area contributed by atoms with Crippen molar-refractivity contribution >= 4 is 22.7 Å². The van der Waals surface area contributed by atoms with Gasteiger partial charge in [-0.05, 0) is 40.8 Å². The van der Waals surface area contributed by atoms with Gasteiger partial charge >= 0.3 is 11.9 Å². The summed E-state index contributed by atoms with van der Waals surface area (Å²) in [6.07, 6.45) is 1.60. The van der Waals surface area contributed by atoms with E-state index in [0.717, 1.165) is 39.1 Å². The summed E-state index contributed by atoms with van der Waals surface area (Å²) in [6, 6.07) is 26.9. The molecule has 208 valence electrons. The number of hydrogen-bond acceptors (Lipinski definition) is 7. The maximum atomic E-state index is 13.4. The minimum Gasteiger partial charge on any atom is -0.489 e. The summed E-state index contributed by atoms with van der Waals surface area (Å²) in [4.78, 5) is 24.6. The number of esters is 2. The van der Waals surface area contributed by atoms with Gasteiger partial charge in [-0.15, -0.1) is 0 Å². The van der Waals surface area contributed by atoms with E-state index in [1.165, 1.54) is 0 Å². The summed E-state index contributed by atoms with van der Waals surface area (Å²) >= 11 is 0. The Labute approximate surface area is 237 Å². The quantitative estimate of drug-likeness (QED) is 0.163. The Kier molecular flexibility index (Phi) is 7.20. The van der Waals surface area contributed by atoms with Gasteiger partial charge in [-0.3, -0.25) is 4.79 Å². The molecule has 0 amide bonds. The first-order chi connectivity index (χ1) is 20.0. The predicted molar refractivity (Wildman–Crippen MR) is 153 cm³/mol. The Bertz CT molecular complexity index is 1580. The number of carbonyl (C=O) groups excluding carboxylic acids is 2. The van der Waals surface area contributed by atoms with E-state index in [1.54, 1.807) is 12.1 Å². The van der Waals surface area contributed by atoms with Gasteiger partial charge < -0.3 is 24.1 Å². The minimum atomic E-state index is -1.43. The Morgan fingerprint density at radius 1 is 0.756 bits per heavy atom. The van der Waals surface area contributed by atoms with Crippen molar-refractivity contribution in [1.82, 2.24) is 0 Å². The van der Waals surface area contributed by atoms with Gasteiger partial charge in [0.1, 0.15) is 43.5 Å². The topological polar surface area (TPSA) is 91.3 Å². The molecule has 4 aromatic rings. The van der Waals surface area contributed by atoms with Crippen LogP contribution in [0.1, 0.15) is 34.6 Å². The van der Waals surface area contributed by atoms with Crippen molar-refractivity contribution < 1.29 is 33.6 Å². The van der Waals surface area contributed by atoms with Gasteiger partial charge in [0.2, 0.25) is 0 Å². The molecule has 3 aliphatic carbocycles. The molecule has 0 aromatic heterocycles. The predicted octanol–water partition coefficient (Wildman–Crippen LogP) is 5.27. The second kappa shape index (κ2) is 11.1. The number of aliphatic hydroxyl groups is 1. The molecule has 1 unspecified atom stereocenters. The molecule has 7 heteroatoms. The lowest BCUT2D eigenvalue weighted by Crippen LogP contribution is -2.50. The number of rotatable bonds is 10. The van der Waals surface area contributed by atoms with E-state index >= 15 is 0 Å². The van der Waals surface area contributed by atoms with Crippen molar-refractivity contribution in [1.29, 1.82) is 0 Å². The molecule has 0 saturated carbocycles. The van der Waals surface area contributed by atoms with Crippen LogP contribution in [0, 0.1) is 5.92 Å². The lowest BCUT2D eigenvalue weighted by molar-refractivity contribution is -0.160. The van der Waals surface area contributed by atoms with Crippen LogP contribution in [0.3, 0.4) is 0 Å². The van der Waals surface area contributed by atoms with Crippen LogP contribution >= 0.6 is 0 Å². The van der Waals surface area contributed by atoms with Crippen molar-refractivity contribution in [3.63, 3.8) is 0 Å². The molecule has 0 radical (unpaired) electrons. The molecule has 3 aliphatic rings. The second-order valence-electron chi connectivity index (χ2n) is 10.1. The lowest BCUT2D eigenvalue weighted by atomic mass is 9.56. The molecule has 2 bridgehead atoms. The summed E-state index contributed by atoms with van der Waals surface area (Å²) in [6.45, 7) is 3.87. The molecule has 0 aliphatic heterocycles. The fraction of sp³-hybridized carbons (Fsp3) is 0.235. The van der Waals surface area contributed by atoms with E-state index in [-0.39, 0.29) is 32.3 Å². The zero-order chi connectivity index (χ0) is 28.4. The van der Waals surface area contributed by atoms with E-state index in [2.05, 4.69) is 6.58 Å². The highest BCUT2D eigenvalue weighted by atomic mass is 16.6. The molecule has 0 heterocycles. The zero-order valence-corrected chi connectivity index (χ0v) is 22.5. The Morgan fingerprint density at radius 3 is 1.83 bits per heavy atom. The van der Waals surface area contributed by atoms with Crippen LogP contribution in [0.15, 0.2) is 97.6 Å². The summed E-state index contributed by atoms with van der Waals surface area (Å²) in [5.41, 5.74) is 2.26. The lowest BCUT2D eigenvalue weighted by Gasteiger charge is -2.50. The molecule has 7 rings (SSSR count). The van der Waals surface area contributed by atoms with Crippen LogP contribution in [0.4, 0.5) is 0 Å². The highest BCUT2D eigenvalue weighted by molar-refractivity contribution is 5.93. The van der Waals surface area contributed by atoms with Crippen LogP contribution in [0.5, 0.6) is 11.5 Å². The number of hydrogen-bond donors (Lipinski definition) is 1. The van der Waals surface area contributed by atoms with Gasteiger partial charge in [0, 0.05) is 22.8 Å². The Balaban J connectivity index is 1.11. The van der Waals surface area contributed by atoms with Crippen molar-refractivity contribution in [2.24, 2.45) is 5.92 Å². The molecule has 0 fully saturated rings. The monoisotopic (exact) mass is 550 g/mol. The average Bonchev–Trinajstić information content (AvgIpc) is 3.02. The number of fused-ring (bicyclic) bond motifs is 2. The van der Waals surface area contributed by atoms with E-state index in [1.807, 2.05) is 72.8 Å². The van der Waals surface area contributed by atoms with Gasteiger partial charge in [0.15, 0.2) is 0 Å². The number of ether oxygens (including phenoxy) is 4. The van der Waals surface area contributed by atoms with Crippen molar-refractivity contribution in [2.75, 3.05) is 26.4 Å². The van der Waals surface area contributed by atoms with Gasteiger partial charge in [-0.2, -0.15) is 0 Å². The van der Waals surface area contributed by atoms with Crippen LogP contribution < -0.4 is 9.47 Å². The first-order valence-electron chi connectivity index (χ1n) is 13.7. The highest BCUT2D eigenvalue weighted by Gasteiger charge is 2.56. The third-order valence-corrected chi connectivity index (χ3v) is 7.94. The maximum Gasteiger partial charge on any atom is 0.330 e. The maximum absolute atomic E-state index is 13.4. The molecular formula is C34H30O7. The molecule has 0 spiro atoms. The number of benzene rings is 4. The molecule has 7 nitrogen and oxygen atoms in total. The fourth-order valence-electron chi connectivity index (χ4n) is 6.15. The summed E-state index contributed by atoms with van der Waals surface area (Å²) in [5.74, 6) is -0.347. The molecule has 0 saturated heterocycles. The smallest absolute Gasteiger partial charge is 0.330 e. The average molecular weight is 551 g/mol. The summed E-state index contributed by atoms with van der Waals surface area (Å²) in [5, 5.41) is 13.8. The van der Waals surface area contributed by atoms with Gasteiger partial charge in [-0.25, -0.2) is 4.79 Å². The summed E-state index contributed by atoms with van der Waals surface area (Å²) in [7, 11) is 0. The second-order valence-corrected chi connectivity index (χ2v) is 10.1. The third-order valence-electron chi connectivity index (χ3n) is 7.94. The zero-order valence-electron chi connectivity index (χ0n) is 22.5. The molecular weight excluding hydrogens is 520 g/mol. The third kappa shape index (κ3) is 4.72. The molecule has 1 N–H and O–H groups in total. The fourth-order valence-corrected chi connectivity index (χ4v) is 6.15. The van der Waals surface area contributed by atoms with E-state index in [0.29, 0.717) is 17.9 Å². The Hall–Kier alpha value is -4.62. The van der Waals surface area contributed by atoms with Crippen molar-refractivity contribution in [3.8, 4) is 11.5 Å². The normalized spacial score (nSPS) is 20.0. The number of carbonyl (C=O) groups is 2. The standard InChI is InChI=1S/C34H30O7/c1-2-32(35)40-19-17-38-30-15-16-31(25-12-4-3-11-24(25)30)39-18-20-41-33(36)29-21-26-22-9-5-7-13-27(22)34(29,37)28-14-8-6-10-23(26)28/h2-16,26,29,37H,1,17-21H2. The van der Waals surface area contributed by atoms with Gasteiger partial charge in [0.25, 0.3) is 0 Å². The molecule has 1 atom stereocenters. The van der Waals surface area contributed by atoms with E-state index < -0.39 is 23.5 Å². The Morgan fingerprint density at radius 2 is 1.27 bits per heavy atom. The van der Waals surface area contributed by atoms with Crippen LogP contribution in [-0.2, 0) is 24.7 Å². The summed E-state index contributed by atoms with van der Waals surface area (Å²) < 4.78 is 22.5. The molecule has 4 aromatic carbocycles.